The normalized spacial score (nSPS) is 10.8. The Bertz CT molecular complexity index is 983. The molecule has 0 aliphatic heterocycles. The molecule has 0 spiro atoms. The largest absolute Gasteiger partial charge is 0.457 e. The van der Waals surface area contributed by atoms with Crippen LogP contribution in [0.3, 0.4) is 0 Å². The minimum atomic E-state index is -0.453. The number of fused-ring (bicyclic) bond motifs is 1. The molecule has 0 bridgehead atoms. The molecule has 4 nitrogen and oxygen atoms in total. The van der Waals surface area contributed by atoms with Gasteiger partial charge in [-0.2, -0.15) is 0 Å². The van der Waals surface area contributed by atoms with Gasteiger partial charge in [0, 0.05) is 17.0 Å². The van der Waals surface area contributed by atoms with Crippen molar-refractivity contribution in [3.05, 3.63) is 80.7 Å². The molecule has 1 aromatic heterocycles. The van der Waals surface area contributed by atoms with E-state index in [1.165, 1.54) is 6.07 Å². The number of benzene rings is 2. The highest BCUT2D eigenvalue weighted by Gasteiger charge is 2.13. The second kappa shape index (κ2) is 6.32. The number of rotatable bonds is 3. The zero-order valence-electron chi connectivity index (χ0n) is 13.9. The van der Waals surface area contributed by atoms with Crippen LogP contribution in [0.5, 0.6) is 0 Å². The van der Waals surface area contributed by atoms with Crippen LogP contribution in [-0.2, 0) is 11.3 Å². The van der Waals surface area contributed by atoms with Gasteiger partial charge in [0.2, 0.25) is 0 Å². The number of aryl methyl sites for hydroxylation is 3. The topological polar surface area (TPSA) is 56.5 Å². The zero-order chi connectivity index (χ0) is 17.3. The van der Waals surface area contributed by atoms with Crippen LogP contribution in [-0.4, -0.2) is 5.97 Å². The molecule has 0 aliphatic carbocycles. The first-order valence-electron chi connectivity index (χ1n) is 7.72. The van der Waals surface area contributed by atoms with Crippen molar-refractivity contribution in [3.8, 4) is 0 Å². The van der Waals surface area contributed by atoms with Crippen molar-refractivity contribution in [1.29, 1.82) is 0 Å². The van der Waals surface area contributed by atoms with E-state index in [1.54, 1.807) is 12.1 Å². The van der Waals surface area contributed by atoms with Crippen molar-refractivity contribution in [2.45, 2.75) is 27.4 Å². The van der Waals surface area contributed by atoms with Crippen molar-refractivity contribution in [2.75, 3.05) is 0 Å². The van der Waals surface area contributed by atoms with Gasteiger partial charge in [-0.15, -0.1) is 0 Å². The summed E-state index contributed by atoms with van der Waals surface area (Å²) in [4.78, 5) is 24.0. The number of ether oxygens (including phenoxy) is 1. The van der Waals surface area contributed by atoms with E-state index in [1.807, 2.05) is 45.0 Å². The third-order valence-corrected chi connectivity index (χ3v) is 3.95. The van der Waals surface area contributed by atoms with Gasteiger partial charge in [-0.3, -0.25) is 0 Å². The van der Waals surface area contributed by atoms with Crippen molar-refractivity contribution in [2.24, 2.45) is 0 Å². The standard InChI is InChI=1S/C20H18O4/c1-12-4-6-16(14(3)8-12)20(22)23-11-15-10-19(21)24-18-9-13(2)5-7-17(15)18/h4-10H,11H2,1-3H3. The second-order valence-corrected chi connectivity index (χ2v) is 5.98. The van der Waals surface area contributed by atoms with Crippen molar-refractivity contribution < 1.29 is 13.9 Å². The zero-order valence-corrected chi connectivity index (χ0v) is 13.9. The van der Waals surface area contributed by atoms with E-state index in [4.69, 9.17) is 9.15 Å². The first-order valence-corrected chi connectivity index (χ1v) is 7.72. The van der Waals surface area contributed by atoms with Crippen LogP contribution < -0.4 is 5.63 Å². The van der Waals surface area contributed by atoms with Gasteiger partial charge >= 0.3 is 11.6 Å². The van der Waals surface area contributed by atoms with E-state index < -0.39 is 11.6 Å². The average Bonchev–Trinajstić information content (AvgIpc) is 2.51. The highest BCUT2D eigenvalue weighted by Crippen LogP contribution is 2.20. The van der Waals surface area contributed by atoms with Crippen LogP contribution in [0, 0.1) is 20.8 Å². The minimum absolute atomic E-state index is 0.0251. The summed E-state index contributed by atoms with van der Waals surface area (Å²) >= 11 is 0. The maximum atomic E-state index is 12.3. The Morgan fingerprint density at radius 1 is 1.00 bits per heavy atom. The molecule has 0 saturated carbocycles. The molecule has 122 valence electrons. The summed E-state index contributed by atoms with van der Waals surface area (Å²) in [7, 11) is 0. The third kappa shape index (κ3) is 3.23. The van der Waals surface area contributed by atoms with Crippen LogP contribution in [0.25, 0.3) is 11.0 Å². The Balaban J connectivity index is 1.88. The van der Waals surface area contributed by atoms with Gasteiger partial charge in [-0.1, -0.05) is 29.8 Å². The molecule has 1 heterocycles. The second-order valence-electron chi connectivity index (χ2n) is 5.98. The predicted molar refractivity (Wildman–Crippen MR) is 92.3 cm³/mol. The van der Waals surface area contributed by atoms with E-state index in [9.17, 15) is 9.59 Å². The maximum Gasteiger partial charge on any atom is 0.338 e. The highest BCUT2D eigenvalue weighted by atomic mass is 16.5. The molecule has 0 amide bonds. The van der Waals surface area contributed by atoms with Crippen molar-refractivity contribution >= 4 is 16.9 Å². The molecule has 0 saturated heterocycles. The number of carbonyl (C=O) groups is 1. The van der Waals surface area contributed by atoms with E-state index in [0.29, 0.717) is 16.7 Å². The van der Waals surface area contributed by atoms with Crippen LogP contribution in [0.15, 0.2) is 51.7 Å². The summed E-state index contributed by atoms with van der Waals surface area (Å²) in [6, 6.07) is 12.5. The molecular formula is C20H18O4. The molecule has 4 heteroatoms. The first kappa shape index (κ1) is 16.0. The van der Waals surface area contributed by atoms with Crippen LogP contribution >= 0.6 is 0 Å². The average molecular weight is 322 g/mol. The lowest BCUT2D eigenvalue weighted by atomic mass is 10.1. The molecule has 0 atom stereocenters. The predicted octanol–water partition coefficient (Wildman–Crippen LogP) is 4.08. The van der Waals surface area contributed by atoms with Gasteiger partial charge in [0.05, 0.1) is 5.56 Å². The van der Waals surface area contributed by atoms with Crippen LogP contribution in [0.1, 0.15) is 32.6 Å². The number of hydrogen-bond acceptors (Lipinski definition) is 4. The van der Waals surface area contributed by atoms with Gasteiger partial charge in [0.25, 0.3) is 0 Å². The molecule has 0 N–H and O–H groups in total. The first-order chi connectivity index (χ1) is 11.4. The molecule has 0 unspecified atom stereocenters. The third-order valence-electron chi connectivity index (χ3n) is 3.95. The monoisotopic (exact) mass is 322 g/mol. The Morgan fingerprint density at radius 2 is 1.71 bits per heavy atom. The number of carbonyl (C=O) groups excluding carboxylic acids is 1. The molecule has 3 rings (SSSR count). The Morgan fingerprint density at radius 3 is 2.46 bits per heavy atom. The van der Waals surface area contributed by atoms with Crippen LogP contribution in [0.4, 0.5) is 0 Å². The molecule has 0 aliphatic rings. The molecule has 0 radical (unpaired) electrons. The van der Waals surface area contributed by atoms with E-state index in [-0.39, 0.29) is 6.61 Å². The SMILES string of the molecule is Cc1ccc(C(=O)OCc2cc(=O)oc3cc(C)ccc23)c(C)c1. The summed E-state index contributed by atoms with van der Waals surface area (Å²) in [6.07, 6.45) is 0. The van der Waals surface area contributed by atoms with Gasteiger partial charge in [-0.25, -0.2) is 9.59 Å². The van der Waals surface area contributed by atoms with E-state index >= 15 is 0 Å². The lowest BCUT2D eigenvalue weighted by Gasteiger charge is -2.09. The maximum absolute atomic E-state index is 12.3. The molecule has 0 fully saturated rings. The summed E-state index contributed by atoms with van der Waals surface area (Å²) in [5.41, 5.74) is 4.17. The quantitative estimate of drug-likeness (QED) is 0.538. The molecule has 24 heavy (non-hydrogen) atoms. The fourth-order valence-corrected chi connectivity index (χ4v) is 2.72. The number of hydrogen-bond donors (Lipinski definition) is 0. The molecule has 2 aromatic carbocycles. The van der Waals surface area contributed by atoms with Crippen LogP contribution in [0.2, 0.25) is 0 Å². The lowest BCUT2D eigenvalue weighted by Crippen LogP contribution is -2.09. The van der Waals surface area contributed by atoms with Gasteiger partial charge < -0.3 is 9.15 Å². The molecule has 3 aromatic rings. The van der Waals surface area contributed by atoms with E-state index in [0.717, 1.165) is 22.1 Å². The Kier molecular flexibility index (Phi) is 4.21. The smallest absolute Gasteiger partial charge is 0.338 e. The minimum Gasteiger partial charge on any atom is -0.457 e. The van der Waals surface area contributed by atoms with Gasteiger partial charge in [-0.05, 0) is 44.0 Å². The lowest BCUT2D eigenvalue weighted by molar-refractivity contribution is 0.0473. The summed E-state index contributed by atoms with van der Waals surface area (Å²) in [5.74, 6) is -0.402. The fourth-order valence-electron chi connectivity index (χ4n) is 2.72. The fraction of sp³-hybridized carbons (Fsp3) is 0.200. The summed E-state index contributed by atoms with van der Waals surface area (Å²) in [6.45, 7) is 5.79. The van der Waals surface area contributed by atoms with Crippen molar-refractivity contribution in [1.82, 2.24) is 0 Å². The summed E-state index contributed by atoms with van der Waals surface area (Å²) < 4.78 is 10.6. The number of esters is 1. The van der Waals surface area contributed by atoms with E-state index in [2.05, 4.69) is 0 Å². The Hall–Kier alpha value is -2.88. The Labute approximate surface area is 139 Å². The van der Waals surface area contributed by atoms with Gasteiger partial charge in [0.1, 0.15) is 12.2 Å². The summed E-state index contributed by atoms with van der Waals surface area (Å²) in [5, 5.41) is 0.772. The van der Waals surface area contributed by atoms with Crippen molar-refractivity contribution in [3.63, 3.8) is 0 Å². The molecular weight excluding hydrogens is 304 g/mol. The van der Waals surface area contributed by atoms with Gasteiger partial charge in [0.15, 0.2) is 0 Å². The highest BCUT2D eigenvalue weighted by molar-refractivity contribution is 5.91.